The average Bonchev–Trinajstić information content (AvgIpc) is 3.06. The van der Waals surface area contributed by atoms with E-state index in [-0.39, 0.29) is 5.69 Å². The number of rotatable bonds is 7. The Kier molecular flexibility index (Phi) is 6.62. The maximum absolute atomic E-state index is 11.4. The van der Waals surface area contributed by atoms with Crippen LogP contribution in [-0.4, -0.2) is 46.7 Å². The van der Waals surface area contributed by atoms with Crippen molar-refractivity contribution in [2.24, 2.45) is 4.74 Å². The number of aryl methyl sites for hydroxylation is 1. The Balaban J connectivity index is 2.33. The predicted octanol–water partition coefficient (Wildman–Crippen LogP) is 5.06. The second kappa shape index (κ2) is 9.04. The van der Waals surface area contributed by atoms with Gasteiger partial charge in [-0.15, -0.1) is 0 Å². The molecule has 0 saturated carbocycles. The number of hydrogen-bond donors (Lipinski definition) is 0. The van der Waals surface area contributed by atoms with Crippen LogP contribution in [0.4, 0.5) is 11.4 Å². The number of para-hydroxylation sites is 1. The Morgan fingerprint density at radius 3 is 2.42 bits per heavy atom. The van der Waals surface area contributed by atoms with Crippen LogP contribution in [-0.2, 0) is 0 Å². The van der Waals surface area contributed by atoms with Crippen molar-refractivity contribution in [3.8, 4) is 11.4 Å². The molecule has 0 spiro atoms. The first-order valence-electron chi connectivity index (χ1n) is 9.99. The molecule has 0 saturated heterocycles. The molecule has 164 valence electrons. The number of benzene rings is 2. The van der Waals surface area contributed by atoms with Gasteiger partial charge in [0.2, 0.25) is 0 Å². The third kappa shape index (κ3) is 4.13. The molecule has 8 nitrogen and oxygen atoms in total. The summed E-state index contributed by atoms with van der Waals surface area (Å²) in [5.41, 5.74) is 3.36. The van der Waals surface area contributed by atoms with Crippen LogP contribution in [0.25, 0.3) is 5.69 Å². The van der Waals surface area contributed by atoms with Gasteiger partial charge in [0.25, 0.3) is 5.69 Å². The topological polar surface area (TPSA) is 85.8 Å². The molecule has 2 aromatic carbocycles. The number of hydrogen-bond acceptors (Lipinski definition) is 5. The minimum absolute atomic E-state index is 0.0130. The third-order valence-corrected chi connectivity index (χ3v) is 9.48. The Morgan fingerprint density at radius 1 is 1.19 bits per heavy atom. The summed E-state index contributed by atoms with van der Waals surface area (Å²) >= 11 is 0. The van der Waals surface area contributed by atoms with Gasteiger partial charge in [0.05, 0.1) is 41.6 Å². The van der Waals surface area contributed by atoms with Crippen LogP contribution in [0.3, 0.4) is 0 Å². The SMILES string of the molecule is CCP(=Nc1cc([N+](=O)[O-])ccc1OC)(c1c(C)nn(-c2ccccc2)c1C)N(C)C. The van der Waals surface area contributed by atoms with Gasteiger partial charge < -0.3 is 4.74 Å². The van der Waals surface area contributed by atoms with Crippen LogP contribution in [0.1, 0.15) is 18.3 Å². The number of nitro groups is 1. The molecule has 0 aliphatic carbocycles. The van der Waals surface area contributed by atoms with Gasteiger partial charge in [-0.05, 0) is 52.3 Å². The third-order valence-electron chi connectivity index (χ3n) is 5.36. The first kappa shape index (κ1) is 22.7. The Morgan fingerprint density at radius 2 is 1.87 bits per heavy atom. The number of methoxy groups -OCH3 is 1. The van der Waals surface area contributed by atoms with Crippen molar-refractivity contribution in [1.29, 1.82) is 0 Å². The van der Waals surface area contributed by atoms with Crippen LogP contribution in [0.15, 0.2) is 53.3 Å². The van der Waals surface area contributed by atoms with Crippen molar-refractivity contribution in [1.82, 2.24) is 14.5 Å². The summed E-state index contributed by atoms with van der Waals surface area (Å²) in [6.07, 6.45) is 0.744. The molecule has 0 fully saturated rings. The fourth-order valence-electron chi connectivity index (χ4n) is 3.87. The summed E-state index contributed by atoms with van der Waals surface area (Å²) in [5, 5.41) is 17.3. The van der Waals surface area contributed by atoms with E-state index < -0.39 is 12.1 Å². The molecule has 31 heavy (non-hydrogen) atoms. The number of nitro benzene ring substituents is 1. The number of ether oxygens (including phenoxy) is 1. The van der Waals surface area contributed by atoms with Crippen molar-refractivity contribution >= 4 is 23.9 Å². The van der Waals surface area contributed by atoms with Crippen LogP contribution >= 0.6 is 7.21 Å². The maximum Gasteiger partial charge on any atom is 0.271 e. The van der Waals surface area contributed by atoms with Crippen LogP contribution < -0.4 is 10.0 Å². The highest BCUT2D eigenvalue weighted by atomic mass is 31.2. The minimum atomic E-state index is -2.32. The highest BCUT2D eigenvalue weighted by molar-refractivity contribution is 7.71. The highest BCUT2D eigenvalue weighted by Crippen LogP contribution is 2.55. The van der Waals surface area contributed by atoms with E-state index in [0.717, 1.165) is 28.5 Å². The zero-order valence-electron chi connectivity index (χ0n) is 18.7. The first-order valence-corrected chi connectivity index (χ1v) is 11.9. The molecular weight excluding hydrogens is 413 g/mol. The normalized spacial score (nSPS) is 13.1. The Hall–Kier alpha value is -2.96. The lowest BCUT2D eigenvalue weighted by Gasteiger charge is -2.31. The standard InChI is InChI=1S/C22H28N5O3P/c1-7-31(25(4)5,24-20-15-19(27(28)29)13-14-21(20)30-6)22-16(2)23-26(17(22)3)18-11-9-8-10-12-18/h8-15H,7H2,1-6H3. The largest absolute Gasteiger partial charge is 0.494 e. The smallest absolute Gasteiger partial charge is 0.271 e. The van der Waals surface area contributed by atoms with Gasteiger partial charge in [-0.3, -0.25) is 14.8 Å². The molecule has 1 atom stereocenters. The van der Waals surface area contributed by atoms with E-state index in [4.69, 9.17) is 14.6 Å². The van der Waals surface area contributed by atoms with Crippen molar-refractivity contribution in [3.63, 3.8) is 0 Å². The van der Waals surface area contributed by atoms with E-state index in [0.29, 0.717) is 11.4 Å². The lowest BCUT2D eigenvalue weighted by atomic mass is 10.2. The van der Waals surface area contributed by atoms with E-state index in [2.05, 4.69) is 18.5 Å². The van der Waals surface area contributed by atoms with Crippen molar-refractivity contribution in [3.05, 3.63) is 70.0 Å². The Bertz CT molecular complexity index is 1160. The fourth-order valence-corrected chi connectivity index (χ4v) is 7.26. The molecule has 1 heterocycles. The van der Waals surface area contributed by atoms with Crippen LogP contribution in [0.2, 0.25) is 0 Å². The van der Waals surface area contributed by atoms with E-state index >= 15 is 0 Å². The number of non-ortho nitro benzene ring substituents is 1. The fraction of sp³-hybridized carbons (Fsp3) is 0.318. The Labute approximate surface area is 182 Å². The lowest BCUT2D eigenvalue weighted by molar-refractivity contribution is -0.384. The van der Waals surface area contributed by atoms with Crippen molar-refractivity contribution in [2.45, 2.75) is 20.8 Å². The average molecular weight is 441 g/mol. The zero-order valence-corrected chi connectivity index (χ0v) is 19.6. The van der Waals surface area contributed by atoms with Gasteiger partial charge >= 0.3 is 0 Å². The molecule has 9 heteroatoms. The summed E-state index contributed by atoms with van der Waals surface area (Å²) < 4.78 is 14.7. The van der Waals surface area contributed by atoms with E-state index in [1.807, 2.05) is 56.0 Å². The summed E-state index contributed by atoms with van der Waals surface area (Å²) in [6, 6.07) is 14.5. The van der Waals surface area contributed by atoms with Gasteiger partial charge in [0.15, 0.2) is 0 Å². The van der Waals surface area contributed by atoms with Crippen molar-refractivity contribution in [2.75, 3.05) is 27.4 Å². The number of nitrogens with zero attached hydrogens (tertiary/aromatic N) is 5. The first-order chi connectivity index (χ1) is 14.7. The summed E-state index contributed by atoms with van der Waals surface area (Å²) in [4.78, 5) is 11.0. The maximum atomic E-state index is 11.4. The predicted molar refractivity (Wildman–Crippen MR) is 126 cm³/mol. The molecule has 0 radical (unpaired) electrons. The lowest BCUT2D eigenvalue weighted by Crippen LogP contribution is -2.23. The molecule has 0 N–H and O–H groups in total. The monoisotopic (exact) mass is 441 g/mol. The van der Waals surface area contributed by atoms with Crippen LogP contribution in [0.5, 0.6) is 5.75 Å². The van der Waals surface area contributed by atoms with Crippen molar-refractivity contribution < 1.29 is 9.66 Å². The molecule has 3 rings (SSSR count). The molecule has 0 aliphatic rings. The second-order valence-electron chi connectivity index (χ2n) is 7.37. The molecule has 3 aromatic rings. The molecule has 0 amide bonds. The van der Waals surface area contributed by atoms with Gasteiger partial charge in [-0.25, -0.2) is 9.43 Å². The van der Waals surface area contributed by atoms with Gasteiger partial charge in [-0.1, -0.05) is 25.1 Å². The minimum Gasteiger partial charge on any atom is -0.494 e. The summed E-state index contributed by atoms with van der Waals surface area (Å²) in [5.74, 6) is 0.510. The van der Waals surface area contributed by atoms with Gasteiger partial charge in [0.1, 0.15) is 11.4 Å². The molecule has 1 aromatic heterocycles. The second-order valence-corrected chi connectivity index (χ2v) is 10.9. The summed E-state index contributed by atoms with van der Waals surface area (Å²) in [6.45, 7) is 6.15. The van der Waals surface area contributed by atoms with Gasteiger partial charge in [0, 0.05) is 12.1 Å². The zero-order chi connectivity index (χ0) is 22.8. The molecule has 0 aliphatic heterocycles. The highest BCUT2D eigenvalue weighted by Gasteiger charge is 2.31. The van der Waals surface area contributed by atoms with Crippen LogP contribution in [0, 0.1) is 24.0 Å². The molecule has 0 bridgehead atoms. The van der Waals surface area contributed by atoms with E-state index in [1.54, 1.807) is 13.2 Å². The molecular formula is C22H28N5O3P. The number of aromatic nitrogens is 2. The quantitative estimate of drug-likeness (QED) is 0.291. The van der Waals surface area contributed by atoms with Gasteiger partial charge in [-0.2, -0.15) is 5.10 Å². The molecule has 1 unspecified atom stereocenters. The summed E-state index contributed by atoms with van der Waals surface area (Å²) in [7, 11) is 3.24. The van der Waals surface area contributed by atoms with E-state index in [9.17, 15) is 10.1 Å². The van der Waals surface area contributed by atoms with E-state index in [1.165, 1.54) is 12.1 Å².